The molecule has 3 aromatic carbocycles. The fourth-order valence-corrected chi connectivity index (χ4v) is 4.37. The molecule has 0 atom stereocenters. The molecule has 3 rings (SSSR count). The molecule has 0 bridgehead atoms. The average molecular weight is 385 g/mol. The maximum Gasteiger partial charge on any atom is 0.247 e. The van der Waals surface area contributed by atoms with Gasteiger partial charge in [0.1, 0.15) is 16.5 Å². The number of ether oxygens (including phenoxy) is 1. The molecular formula is C21H20FNO3S. The van der Waals surface area contributed by atoms with E-state index in [1.165, 1.54) is 23.5 Å². The van der Waals surface area contributed by atoms with E-state index in [-0.39, 0.29) is 23.7 Å². The van der Waals surface area contributed by atoms with Crippen molar-refractivity contribution in [1.82, 2.24) is 4.31 Å². The Kier molecular flexibility index (Phi) is 5.88. The van der Waals surface area contributed by atoms with Crippen LogP contribution in [0.2, 0.25) is 0 Å². The Bertz CT molecular complexity index is 951. The number of halogens is 1. The van der Waals surface area contributed by atoms with Crippen LogP contribution in [0.3, 0.4) is 0 Å². The normalized spacial score (nSPS) is 11.5. The van der Waals surface area contributed by atoms with Gasteiger partial charge in [0.05, 0.1) is 7.11 Å². The number of methoxy groups -OCH3 is 1. The van der Waals surface area contributed by atoms with Crippen LogP contribution in [0.15, 0.2) is 83.8 Å². The molecule has 0 aliphatic rings. The Morgan fingerprint density at radius 1 is 0.852 bits per heavy atom. The second-order valence-electron chi connectivity index (χ2n) is 6.04. The van der Waals surface area contributed by atoms with Gasteiger partial charge in [-0.25, -0.2) is 12.8 Å². The van der Waals surface area contributed by atoms with Gasteiger partial charge in [-0.15, -0.1) is 0 Å². The number of hydrogen-bond acceptors (Lipinski definition) is 3. The molecule has 0 aromatic heterocycles. The van der Waals surface area contributed by atoms with Gasteiger partial charge in [-0.2, -0.15) is 4.31 Å². The third-order valence-corrected chi connectivity index (χ3v) is 5.96. The third kappa shape index (κ3) is 4.53. The monoisotopic (exact) mass is 385 g/mol. The van der Waals surface area contributed by atoms with Gasteiger partial charge in [0.15, 0.2) is 0 Å². The molecule has 3 aromatic rings. The van der Waals surface area contributed by atoms with Crippen LogP contribution in [-0.4, -0.2) is 19.8 Å². The average Bonchev–Trinajstić information content (AvgIpc) is 2.69. The molecule has 0 spiro atoms. The zero-order valence-corrected chi connectivity index (χ0v) is 15.7. The highest BCUT2D eigenvalue weighted by atomic mass is 32.2. The van der Waals surface area contributed by atoms with Crippen LogP contribution in [0, 0.1) is 5.82 Å². The van der Waals surface area contributed by atoms with Crippen LogP contribution >= 0.6 is 0 Å². The summed E-state index contributed by atoms with van der Waals surface area (Å²) in [5, 5.41) is 0. The van der Waals surface area contributed by atoms with Gasteiger partial charge in [0, 0.05) is 13.1 Å². The number of rotatable bonds is 7. The van der Waals surface area contributed by atoms with Gasteiger partial charge in [0.25, 0.3) is 0 Å². The van der Waals surface area contributed by atoms with E-state index < -0.39 is 15.8 Å². The number of benzene rings is 3. The Labute approximate surface area is 158 Å². The van der Waals surface area contributed by atoms with Gasteiger partial charge in [-0.1, -0.05) is 60.7 Å². The van der Waals surface area contributed by atoms with Crippen molar-refractivity contribution in [1.29, 1.82) is 0 Å². The fraction of sp³-hybridized carbons (Fsp3) is 0.143. The van der Waals surface area contributed by atoms with Crippen molar-refractivity contribution in [2.24, 2.45) is 0 Å². The van der Waals surface area contributed by atoms with E-state index in [4.69, 9.17) is 4.74 Å². The summed E-state index contributed by atoms with van der Waals surface area (Å²) in [6.45, 7) is 0.329. The molecule has 0 aliphatic heterocycles. The third-order valence-electron chi connectivity index (χ3n) is 4.15. The zero-order valence-electron chi connectivity index (χ0n) is 14.9. The van der Waals surface area contributed by atoms with Gasteiger partial charge < -0.3 is 4.74 Å². The van der Waals surface area contributed by atoms with Crippen LogP contribution in [-0.2, 0) is 23.1 Å². The summed E-state index contributed by atoms with van der Waals surface area (Å²) in [5.41, 5.74) is 1.68. The number of hydrogen-bond donors (Lipinski definition) is 0. The van der Waals surface area contributed by atoms with E-state index in [9.17, 15) is 12.8 Å². The minimum atomic E-state index is -3.99. The van der Waals surface area contributed by atoms with Crippen molar-refractivity contribution in [2.75, 3.05) is 7.11 Å². The lowest BCUT2D eigenvalue weighted by molar-refractivity contribution is 0.381. The topological polar surface area (TPSA) is 46.6 Å². The predicted octanol–water partition coefficient (Wildman–Crippen LogP) is 4.23. The SMILES string of the molecule is COc1ccc(F)cc1S(=O)(=O)N(Cc1ccccc1)Cc1ccccc1. The summed E-state index contributed by atoms with van der Waals surface area (Å²) in [7, 11) is -2.63. The van der Waals surface area contributed by atoms with Crippen LogP contribution < -0.4 is 4.74 Å². The maximum absolute atomic E-state index is 13.8. The van der Waals surface area contributed by atoms with Crippen molar-refractivity contribution in [3.63, 3.8) is 0 Å². The van der Waals surface area contributed by atoms with Gasteiger partial charge in [-0.05, 0) is 29.3 Å². The Morgan fingerprint density at radius 3 is 1.85 bits per heavy atom. The van der Waals surface area contributed by atoms with Crippen molar-refractivity contribution < 1.29 is 17.5 Å². The maximum atomic E-state index is 13.8. The van der Waals surface area contributed by atoms with Crippen LogP contribution in [0.5, 0.6) is 5.75 Å². The van der Waals surface area contributed by atoms with Crippen molar-refractivity contribution in [2.45, 2.75) is 18.0 Å². The molecular weight excluding hydrogens is 365 g/mol. The standard InChI is InChI=1S/C21H20FNO3S/c1-26-20-13-12-19(22)14-21(20)27(24,25)23(15-17-8-4-2-5-9-17)16-18-10-6-3-7-11-18/h2-14H,15-16H2,1H3. The molecule has 0 heterocycles. The first-order valence-corrected chi connectivity index (χ1v) is 9.86. The molecule has 140 valence electrons. The smallest absolute Gasteiger partial charge is 0.247 e. The highest BCUT2D eigenvalue weighted by Crippen LogP contribution is 2.29. The molecule has 4 nitrogen and oxygen atoms in total. The summed E-state index contributed by atoms with van der Waals surface area (Å²) in [5.74, 6) is -0.517. The summed E-state index contributed by atoms with van der Waals surface area (Å²) in [6.07, 6.45) is 0. The quantitative estimate of drug-likeness (QED) is 0.612. The summed E-state index contributed by atoms with van der Waals surface area (Å²) in [4.78, 5) is -0.183. The zero-order chi connectivity index (χ0) is 19.3. The number of sulfonamides is 1. The summed E-state index contributed by atoms with van der Waals surface area (Å²) >= 11 is 0. The molecule has 0 saturated carbocycles. The molecule has 0 aliphatic carbocycles. The molecule has 0 amide bonds. The molecule has 27 heavy (non-hydrogen) atoms. The molecule has 0 saturated heterocycles. The predicted molar refractivity (Wildman–Crippen MR) is 102 cm³/mol. The minimum absolute atomic E-state index is 0.113. The second-order valence-corrected chi connectivity index (χ2v) is 7.95. The Balaban J connectivity index is 2.04. The molecule has 0 fully saturated rings. The van der Waals surface area contributed by atoms with Crippen LogP contribution in [0.25, 0.3) is 0 Å². The van der Waals surface area contributed by atoms with E-state index in [0.29, 0.717) is 0 Å². The van der Waals surface area contributed by atoms with Crippen LogP contribution in [0.1, 0.15) is 11.1 Å². The van der Waals surface area contributed by atoms with Gasteiger partial charge in [0.2, 0.25) is 10.0 Å². The van der Waals surface area contributed by atoms with E-state index >= 15 is 0 Å². The Hall–Kier alpha value is -2.70. The molecule has 0 unspecified atom stereocenters. The lowest BCUT2D eigenvalue weighted by Gasteiger charge is -2.23. The highest BCUT2D eigenvalue weighted by Gasteiger charge is 2.28. The largest absolute Gasteiger partial charge is 0.495 e. The van der Waals surface area contributed by atoms with E-state index in [1.807, 2.05) is 60.7 Å². The second kappa shape index (κ2) is 8.33. The molecule has 0 radical (unpaired) electrons. The summed E-state index contributed by atoms with van der Waals surface area (Å²) in [6, 6.07) is 22.1. The van der Waals surface area contributed by atoms with Gasteiger partial charge in [-0.3, -0.25) is 0 Å². The summed E-state index contributed by atoms with van der Waals surface area (Å²) < 4.78 is 47.0. The molecule has 0 N–H and O–H groups in total. The molecule has 6 heteroatoms. The minimum Gasteiger partial charge on any atom is -0.495 e. The van der Waals surface area contributed by atoms with Crippen molar-refractivity contribution in [3.05, 3.63) is 95.8 Å². The highest BCUT2D eigenvalue weighted by molar-refractivity contribution is 7.89. The lowest BCUT2D eigenvalue weighted by atomic mass is 10.2. The first-order valence-electron chi connectivity index (χ1n) is 8.42. The van der Waals surface area contributed by atoms with Crippen molar-refractivity contribution in [3.8, 4) is 5.75 Å². The lowest BCUT2D eigenvalue weighted by Crippen LogP contribution is -2.30. The first-order chi connectivity index (χ1) is 13.0. The Morgan fingerprint density at radius 2 is 1.37 bits per heavy atom. The van der Waals surface area contributed by atoms with Gasteiger partial charge >= 0.3 is 0 Å². The van der Waals surface area contributed by atoms with Crippen LogP contribution in [0.4, 0.5) is 4.39 Å². The fourth-order valence-electron chi connectivity index (χ4n) is 2.79. The van der Waals surface area contributed by atoms with E-state index in [0.717, 1.165) is 17.2 Å². The van der Waals surface area contributed by atoms with E-state index in [2.05, 4.69) is 0 Å². The number of nitrogens with zero attached hydrogens (tertiary/aromatic N) is 1. The first kappa shape index (κ1) is 19.1. The van der Waals surface area contributed by atoms with E-state index in [1.54, 1.807) is 0 Å². The van der Waals surface area contributed by atoms with Crippen molar-refractivity contribution >= 4 is 10.0 Å².